The molecule has 2 rings (SSSR count). The minimum absolute atomic E-state index is 0.102. The van der Waals surface area contributed by atoms with Crippen LogP contribution in [0.25, 0.3) is 0 Å². The smallest absolute Gasteiger partial charge is 0.124 e. The Hall–Kier alpha value is -1.26. The van der Waals surface area contributed by atoms with Gasteiger partial charge >= 0.3 is 0 Å². The second kappa shape index (κ2) is 5.59. The monoisotopic (exact) mass is 250 g/mol. The van der Waals surface area contributed by atoms with Gasteiger partial charge in [0.25, 0.3) is 0 Å². The Morgan fingerprint density at radius 2 is 2.17 bits per heavy atom. The van der Waals surface area contributed by atoms with E-state index in [1.807, 2.05) is 0 Å². The third kappa shape index (κ3) is 2.76. The molecule has 0 amide bonds. The second-order valence-electron chi connectivity index (χ2n) is 5.08. The Balaban J connectivity index is 2.11. The maximum absolute atomic E-state index is 9.91. The summed E-state index contributed by atoms with van der Waals surface area (Å²) in [6.07, 6.45) is 2.38. The van der Waals surface area contributed by atoms with Crippen LogP contribution in [0.15, 0.2) is 18.2 Å². The predicted octanol–water partition coefficient (Wildman–Crippen LogP) is 1.84. The van der Waals surface area contributed by atoms with Crippen molar-refractivity contribution < 1.29 is 10.2 Å². The molecule has 0 aromatic heterocycles. The molecule has 18 heavy (non-hydrogen) atoms. The van der Waals surface area contributed by atoms with Crippen LogP contribution in [0.2, 0.25) is 0 Å². The van der Waals surface area contributed by atoms with Gasteiger partial charge in [-0.3, -0.25) is 4.90 Å². The van der Waals surface area contributed by atoms with Gasteiger partial charge < -0.3 is 15.5 Å². The number of likely N-dealkylation sites (N-methyl/N-ethyl adjacent to an activating group) is 1. The van der Waals surface area contributed by atoms with Crippen molar-refractivity contribution in [2.45, 2.75) is 31.8 Å². The van der Waals surface area contributed by atoms with E-state index in [4.69, 9.17) is 0 Å². The summed E-state index contributed by atoms with van der Waals surface area (Å²) in [6.45, 7) is 4.18. The lowest BCUT2D eigenvalue weighted by atomic mass is 10.0. The zero-order valence-corrected chi connectivity index (χ0v) is 11.1. The molecule has 0 radical (unpaired) electrons. The lowest BCUT2D eigenvalue weighted by molar-refractivity contribution is 0.154. The van der Waals surface area contributed by atoms with Crippen molar-refractivity contribution in [3.63, 3.8) is 0 Å². The number of piperidine rings is 1. The van der Waals surface area contributed by atoms with Gasteiger partial charge in [0.05, 0.1) is 0 Å². The van der Waals surface area contributed by atoms with E-state index in [0.29, 0.717) is 6.04 Å². The first-order valence-corrected chi connectivity index (χ1v) is 6.54. The zero-order valence-electron chi connectivity index (χ0n) is 11.1. The number of benzene rings is 1. The van der Waals surface area contributed by atoms with E-state index in [1.165, 1.54) is 18.9 Å². The summed E-state index contributed by atoms with van der Waals surface area (Å²) >= 11 is 0. The van der Waals surface area contributed by atoms with Crippen LogP contribution < -0.4 is 5.32 Å². The highest BCUT2D eigenvalue weighted by molar-refractivity contribution is 5.40. The summed E-state index contributed by atoms with van der Waals surface area (Å²) in [6, 6.07) is 5.46. The molecule has 100 valence electrons. The van der Waals surface area contributed by atoms with Gasteiger partial charge in [0, 0.05) is 30.3 Å². The Morgan fingerprint density at radius 1 is 1.39 bits per heavy atom. The first-order valence-electron chi connectivity index (χ1n) is 6.54. The van der Waals surface area contributed by atoms with Gasteiger partial charge in [-0.25, -0.2) is 0 Å². The molecule has 4 nitrogen and oxygen atoms in total. The van der Waals surface area contributed by atoms with E-state index >= 15 is 0 Å². The van der Waals surface area contributed by atoms with Crippen molar-refractivity contribution in [1.29, 1.82) is 0 Å². The van der Waals surface area contributed by atoms with Gasteiger partial charge in [-0.05, 0) is 39.4 Å². The summed E-state index contributed by atoms with van der Waals surface area (Å²) in [5.74, 6) is 0.267. The van der Waals surface area contributed by atoms with E-state index < -0.39 is 0 Å². The van der Waals surface area contributed by atoms with Crippen LogP contribution in [-0.2, 0) is 0 Å². The normalized spacial score (nSPS) is 22.1. The lowest BCUT2D eigenvalue weighted by Crippen LogP contribution is -2.45. The van der Waals surface area contributed by atoms with Crippen molar-refractivity contribution in [1.82, 2.24) is 10.2 Å². The molecule has 3 N–H and O–H groups in total. The van der Waals surface area contributed by atoms with Gasteiger partial charge in [-0.2, -0.15) is 0 Å². The summed E-state index contributed by atoms with van der Waals surface area (Å²) in [7, 11) is 2.09. The standard InChI is InChI=1S/C14H22N2O2/c1-10(13-6-5-12(17)8-14(13)18)16(2)11-4-3-7-15-9-11/h5-6,8,10-11,15,17-18H,3-4,7,9H2,1-2H3. The maximum atomic E-state index is 9.91. The fraction of sp³-hybridized carbons (Fsp3) is 0.571. The van der Waals surface area contributed by atoms with E-state index in [-0.39, 0.29) is 17.5 Å². The molecule has 2 atom stereocenters. The second-order valence-corrected chi connectivity index (χ2v) is 5.08. The van der Waals surface area contributed by atoms with Crippen LogP contribution >= 0.6 is 0 Å². The topological polar surface area (TPSA) is 55.7 Å². The molecule has 1 fully saturated rings. The third-order valence-electron chi connectivity index (χ3n) is 3.92. The highest BCUT2D eigenvalue weighted by Gasteiger charge is 2.24. The number of rotatable bonds is 3. The zero-order chi connectivity index (χ0) is 13.1. The maximum Gasteiger partial charge on any atom is 0.124 e. The quantitative estimate of drug-likeness (QED) is 0.766. The molecular weight excluding hydrogens is 228 g/mol. The number of hydrogen-bond acceptors (Lipinski definition) is 4. The average Bonchev–Trinajstić information content (AvgIpc) is 2.38. The number of aromatic hydroxyl groups is 2. The Kier molecular flexibility index (Phi) is 4.09. The first kappa shape index (κ1) is 13.2. The summed E-state index contributed by atoms with van der Waals surface area (Å²) in [5.41, 5.74) is 0.862. The Labute approximate surface area is 108 Å². The summed E-state index contributed by atoms with van der Waals surface area (Å²) < 4.78 is 0. The summed E-state index contributed by atoms with van der Waals surface area (Å²) in [5, 5.41) is 22.6. The van der Waals surface area contributed by atoms with Gasteiger partial charge in [0.1, 0.15) is 11.5 Å². The molecule has 1 heterocycles. The van der Waals surface area contributed by atoms with Crippen LogP contribution in [0.3, 0.4) is 0 Å². The van der Waals surface area contributed by atoms with Crippen LogP contribution in [0.1, 0.15) is 31.4 Å². The number of phenols is 2. The molecule has 1 aromatic rings. The van der Waals surface area contributed by atoms with E-state index in [2.05, 4.69) is 24.2 Å². The van der Waals surface area contributed by atoms with Gasteiger partial charge in [0.15, 0.2) is 0 Å². The molecule has 1 aliphatic rings. The van der Waals surface area contributed by atoms with Crippen molar-refractivity contribution in [3.8, 4) is 11.5 Å². The minimum Gasteiger partial charge on any atom is -0.508 e. The fourth-order valence-electron chi connectivity index (χ4n) is 2.60. The largest absolute Gasteiger partial charge is 0.508 e. The van der Waals surface area contributed by atoms with Crippen LogP contribution in [0.5, 0.6) is 11.5 Å². The Morgan fingerprint density at radius 3 is 2.78 bits per heavy atom. The van der Waals surface area contributed by atoms with Crippen molar-refractivity contribution in [2.75, 3.05) is 20.1 Å². The number of hydrogen-bond donors (Lipinski definition) is 3. The first-order chi connectivity index (χ1) is 8.59. The summed E-state index contributed by atoms with van der Waals surface area (Å²) in [4.78, 5) is 2.29. The van der Waals surface area contributed by atoms with E-state index in [0.717, 1.165) is 18.7 Å². The van der Waals surface area contributed by atoms with Crippen LogP contribution in [0.4, 0.5) is 0 Å². The van der Waals surface area contributed by atoms with Gasteiger partial charge in [0.2, 0.25) is 0 Å². The molecule has 0 aliphatic carbocycles. The molecule has 0 spiro atoms. The molecule has 0 saturated carbocycles. The molecule has 1 aliphatic heterocycles. The van der Waals surface area contributed by atoms with Crippen molar-refractivity contribution in [3.05, 3.63) is 23.8 Å². The molecule has 2 unspecified atom stereocenters. The van der Waals surface area contributed by atoms with E-state index in [1.54, 1.807) is 12.1 Å². The SMILES string of the molecule is CC(c1ccc(O)cc1O)N(C)C1CCCNC1. The average molecular weight is 250 g/mol. The molecule has 4 heteroatoms. The number of nitrogens with one attached hydrogen (secondary N) is 1. The molecule has 1 aromatic carbocycles. The van der Waals surface area contributed by atoms with Crippen molar-refractivity contribution in [2.24, 2.45) is 0 Å². The van der Waals surface area contributed by atoms with Crippen molar-refractivity contribution >= 4 is 0 Å². The van der Waals surface area contributed by atoms with Crippen LogP contribution in [-0.4, -0.2) is 41.3 Å². The van der Waals surface area contributed by atoms with E-state index in [9.17, 15) is 10.2 Å². The lowest BCUT2D eigenvalue weighted by Gasteiger charge is -2.36. The minimum atomic E-state index is 0.102. The number of phenolic OH excluding ortho intramolecular Hbond substituents is 2. The molecule has 0 bridgehead atoms. The predicted molar refractivity (Wildman–Crippen MR) is 71.8 cm³/mol. The molecular formula is C14H22N2O2. The van der Waals surface area contributed by atoms with Gasteiger partial charge in [-0.15, -0.1) is 0 Å². The molecule has 1 saturated heterocycles. The van der Waals surface area contributed by atoms with Crippen LogP contribution in [0, 0.1) is 0 Å². The highest BCUT2D eigenvalue weighted by Crippen LogP contribution is 2.32. The number of nitrogens with zero attached hydrogens (tertiary/aromatic N) is 1. The fourth-order valence-corrected chi connectivity index (χ4v) is 2.60. The highest BCUT2D eigenvalue weighted by atomic mass is 16.3. The Bertz CT molecular complexity index is 403. The third-order valence-corrected chi connectivity index (χ3v) is 3.92. The van der Waals surface area contributed by atoms with Gasteiger partial charge in [-0.1, -0.05) is 6.07 Å².